The topological polar surface area (TPSA) is 40.8 Å². The van der Waals surface area contributed by atoms with Gasteiger partial charge in [0.25, 0.3) is 5.91 Å². The highest BCUT2D eigenvalue weighted by Crippen LogP contribution is 2.25. The zero-order chi connectivity index (χ0) is 18.1. The average molecular weight is 369 g/mol. The van der Waals surface area contributed by atoms with Gasteiger partial charge in [0.2, 0.25) is 0 Å². The quantitative estimate of drug-likeness (QED) is 0.691. The van der Waals surface area contributed by atoms with E-state index in [2.05, 4.69) is 23.7 Å². The smallest absolute Gasteiger partial charge is 0.271 e. The van der Waals surface area contributed by atoms with E-state index in [1.54, 1.807) is 0 Å². The van der Waals surface area contributed by atoms with Gasteiger partial charge >= 0.3 is 0 Å². The van der Waals surface area contributed by atoms with Crippen LogP contribution in [-0.2, 0) is 0 Å². The summed E-state index contributed by atoms with van der Waals surface area (Å²) in [4.78, 5) is 23.1. The molecule has 5 nitrogen and oxygen atoms in total. The van der Waals surface area contributed by atoms with Gasteiger partial charge in [0, 0.05) is 36.3 Å². The predicted molar refractivity (Wildman–Crippen MR) is 106 cm³/mol. The lowest BCUT2D eigenvalue weighted by molar-refractivity contribution is 0.0771. The van der Waals surface area contributed by atoms with Crippen LogP contribution in [0.4, 0.5) is 0 Å². The number of likely N-dealkylation sites (N-methyl/N-ethyl adjacent to an activating group) is 1. The number of imidazole rings is 1. The summed E-state index contributed by atoms with van der Waals surface area (Å²) < 4.78 is 1.94. The number of thiazole rings is 1. The molecular formula is C20H24N4OS. The largest absolute Gasteiger partial charge is 0.336 e. The summed E-state index contributed by atoms with van der Waals surface area (Å²) in [5, 5.41) is 1.93. The van der Waals surface area contributed by atoms with Gasteiger partial charge in [-0.15, -0.1) is 11.3 Å². The molecule has 3 aromatic rings. The molecule has 1 aromatic carbocycles. The molecule has 1 atom stereocenters. The van der Waals surface area contributed by atoms with E-state index in [1.807, 2.05) is 51.2 Å². The molecule has 1 saturated heterocycles. The standard InChI is InChI=1S/C20H24N4OS/c1-3-22(4-2)16-10-11-23(12-16)19(25)18-14-26-20-21-17(13-24(18)20)15-8-6-5-7-9-15/h5-9,13-14,16H,3-4,10-12H2,1-2H3/t16-/m0/s1. The van der Waals surface area contributed by atoms with Gasteiger partial charge in [-0.25, -0.2) is 4.98 Å². The highest BCUT2D eigenvalue weighted by atomic mass is 32.1. The molecule has 136 valence electrons. The van der Waals surface area contributed by atoms with Crippen LogP contribution in [0.5, 0.6) is 0 Å². The van der Waals surface area contributed by atoms with Gasteiger partial charge in [-0.1, -0.05) is 44.2 Å². The zero-order valence-electron chi connectivity index (χ0n) is 15.3. The van der Waals surface area contributed by atoms with Gasteiger partial charge in [0.1, 0.15) is 5.69 Å². The number of likely N-dealkylation sites (tertiary alicyclic amines) is 1. The summed E-state index contributed by atoms with van der Waals surface area (Å²) in [7, 11) is 0. The molecule has 0 aliphatic carbocycles. The van der Waals surface area contributed by atoms with Crippen molar-refractivity contribution >= 4 is 22.2 Å². The third-order valence-electron chi connectivity index (χ3n) is 5.28. The first-order valence-electron chi connectivity index (χ1n) is 9.26. The van der Waals surface area contributed by atoms with Gasteiger partial charge < -0.3 is 4.90 Å². The molecule has 2 aromatic heterocycles. The molecule has 1 aliphatic rings. The van der Waals surface area contributed by atoms with Crippen molar-refractivity contribution in [2.75, 3.05) is 26.2 Å². The second-order valence-corrected chi connectivity index (χ2v) is 7.52. The number of benzene rings is 1. The number of aromatic nitrogens is 2. The minimum absolute atomic E-state index is 0.114. The van der Waals surface area contributed by atoms with Gasteiger partial charge in [-0.3, -0.25) is 14.1 Å². The SMILES string of the molecule is CCN(CC)[C@H]1CCN(C(=O)c2csc3nc(-c4ccccc4)cn23)C1. The van der Waals surface area contributed by atoms with Crippen LogP contribution >= 0.6 is 11.3 Å². The summed E-state index contributed by atoms with van der Waals surface area (Å²) in [5.74, 6) is 0.114. The molecule has 0 bridgehead atoms. The Morgan fingerprint density at radius 2 is 2.04 bits per heavy atom. The molecule has 0 N–H and O–H groups in total. The minimum atomic E-state index is 0.114. The van der Waals surface area contributed by atoms with E-state index in [1.165, 1.54) is 11.3 Å². The summed E-state index contributed by atoms with van der Waals surface area (Å²) in [6.45, 7) is 8.09. The fourth-order valence-electron chi connectivity index (χ4n) is 3.81. The molecule has 6 heteroatoms. The molecule has 26 heavy (non-hydrogen) atoms. The molecule has 1 amide bonds. The highest BCUT2D eigenvalue weighted by molar-refractivity contribution is 7.15. The van der Waals surface area contributed by atoms with Gasteiger partial charge in [0.15, 0.2) is 4.96 Å². The number of carbonyl (C=O) groups is 1. The molecular weight excluding hydrogens is 344 g/mol. The molecule has 1 fully saturated rings. The fraction of sp³-hybridized carbons (Fsp3) is 0.400. The number of rotatable bonds is 5. The van der Waals surface area contributed by atoms with Gasteiger partial charge in [0.05, 0.1) is 5.69 Å². The monoisotopic (exact) mass is 368 g/mol. The van der Waals surface area contributed by atoms with Crippen LogP contribution in [0, 0.1) is 0 Å². The number of hydrogen-bond acceptors (Lipinski definition) is 4. The van der Waals surface area contributed by atoms with E-state index in [0.717, 1.165) is 54.5 Å². The third kappa shape index (κ3) is 3.04. The summed E-state index contributed by atoms with van der Waals surface area (Å²) in [6, 6.07) is 10.6. The first-order valence-corrected chi connectivity index (χ1v) is 10.1. The average Bonchev–Trinajstić information content (AvgIpc) is 3.39. The Morgan fingerprint density at radius 3 is 2.77 bits per heavy atom. The highest BCUT2D eigenvalue weighted by Gasteiger charge is 2.31. The number of nitrogens with zero attached hydrogens (tertiary/aromatic N) is 4. The van der Waals surface area contributed by atoms with Crippen molar-refractivity contribution in [3.05, 3.63) is 47.6 Å². The van der Waals surface area contributed by atoms with Crippen LogP contribution in [0.1, 0.15) is 30.8 Å². The van der Waals surface area contributed by atoms with Crippen molar-refractivity contribution in [3.63, 3.8) is 0 Å². The van der Waals surface area contributed by atoms with E-state index in [9.17, 15) is 4.79 Å². The summed E-state index contributed by atoms with van der Waals surface area (Å²) >= 11 is 1.53. The number of hydrogen-bond donors (Lipinski definition) is 0. The lowest BCUT2D eigenvalue weighted by Crippen LogP contribution is -2.38. The fourth-order valence-corrected chi connectivity index (χ4v) is 4.66. The Bertz CT molecular complexity index is 897. The first-order chi connectivity index (χ1) is 12.7. The van der Waals surface area contributed by atoms with Crippen LogP contribution in [0.15, 0.2) is 41.9 Å². The van der Waals surface area contributed by atoms with Crippen LogP contribution in [0.2, 0.25) is 0 Å². The van der Waals surface area contributed by atoms with Crippen LogP contribution in [-0.4, -0.2) is 57.3 Å². The van der Waals surface area contributed by atoms with Crippen molar-refractivity contribution in [3.8, 4) is 11.3 Å². The second kappa shape index (κ2) is 7.21. The lowest BCUT2D eigenvalue weighted by atomic mass is 10.2. The normalized spacial score (nSPS) is 17.5. The lowest BCUT2D eigenvalue weighted by Gasteiger charge is -2.26. The minimum Gasteiger partial charge on any atom is -0.336 e. The van der Waals surface area contributed by atoms with Gasteiger partial charge in [-0.05, 0) is 19.5 Å². The van der Waals surface area contributed by atoms with Crippen molar-refractivity contribution in [1.29, 1.82) is 0 Å². The Kier molecular flexibility index (Phi) is 4.78. The molecule has 0 spiro atoms. The van der Waals surface area contributed by atoms with Crippen molar-refractivity contribution in [2.24, 2.45) is 0 Å². The van der Waals surface area contributed by atoms with E-state index >= 15 is 0 Å². The third-order valence-corrected chi connectivity index (χ3v) is 6.12. The molecule has 4 rings (SSSR count). The number of fused-ring (bicyclic) bond motifs is 1. The van der Waals surface area contributed by atoms with Crippen molar-refractivity contribution in [1.82, 2.24) is 19.2 Å². The maximum absolute atomic E-state index is 13.1. The molecule has 0 unspecified atom stereocenters. The van der Waals surface area contributed by atoms with Crippen LogP contribution in [0.25, 0.3) is 16.2 Å². The zero-order valence-corrected chi connectivity index (χ0v) is 16.1. The van der Waals surface area contributed by atoms with E-state index in [-0.39, 0.29) is 5.91 Å². The van der Waals surface area contributed by atoms with Crippen molar-refractivity contribution < 1.29 is 4.79 Å². The Balaban J connectivity index is 1.57. The van der Waals surface area contributed by atoms with Crippen LogP contribution in [0.3, 0.4) is 0 Å². The summed E-state index contributed by atoms with van der Waals surface area (Å²) in [5.41, 5.74) is 2.71. The maximum Gasteiger partial charge on any atom is 0.271 e. The van der Waals surface area contributed by atoms with Crippen molar-refractivity contribution in [2.45, 2.75) is 26.3 Å². The molecule has 3 heterocycles. The van der Waals surface area contributed by atoms with E-state index in [4.69, 9.17) is 0 Å². The Morgan fingerprint density at radius 1 is 1.27 bits per heavy atom. The first kappa shape index (κ1) is 17.2. The number of carbonyl (C=O) groups excluding carboxylic acids is 1. The summed E-state index contributed by atoms with van der Waals surface area (Å²) in [6.07, 6.45) is 3.03. The Labute approximate surface area is 157 Å². The maximum atomic E-state index is 13.1. The van der Waals surface area contributed by atoms with Gasteiger partial charge in [-0.2, -0.15) is 0 Å². The van der Waals surface area contributed by atoms with E-state index < -0.39 is 0 Å². The second-order valence-electron chi connectivity index (χ2n) is 6.68. The number of amides is 1. The van der Waals surface area contributed by atoms with Crippen LogP contribution < -0.4 is 0 Å². The predicted octanol–water partition coefficient (Wildman–Crippen LogP) is 3.62. The molecule has 1 aliphatic heterocycles. The van der Waals surface area contributed by atoms with E-state index in [0.29, 0.717) is 6.04 Å². The molecule has 0 radical (unpaired) electrons. The molecule has 0 saturated carbocycles. The Hall–Kier alpha value is -2.18.